The summed E-state index contributed by atoms with van der Waals surface area (Å²) in [6, 6.07) is 7.69. The van der Waals surface area contributed by atoms with Crippen LogP contribution in [0.5, 0.6) is 0 Å². The normalized spacial score (nSPS) is 10.9. The van der Waals surface area contributed by atoms with Crippen LogP contribution in [0.4, 0.5) is 17.5 Å². The molecule has 21 heavy (non-hydrogen) atoms. The average molecular weight is 384 g/mol. The van der Waals surface area contributed by atoms with E-state index in [1.54, 1.807) is 11.3 Å². The van der Waals surface area contributed by atoms with E-state index in [1.165, 1.54) is 4.88 Å². The van der Waals surface area contributed by atoms with Gasteiger partial charge in [0.15, 0.2) is 0 Å². The standard InChI is InChI=1S/C14H12BrClN4S/c1-7-5-9-12(19-14(17-2)20-13(9)21-7)18-11-4-3-8(16)6-10(11)15/h3-6H,1-2H3,(H2,17,18,19,20). The van der Waals surface area contributed by atoms with Gasteiger partial charge in [0.2, 0.25) is 5.95 Å². The summed E-state index contributed by atoms with van der Waals surface area (Å²) < 4.78 is 0.889. The summed E-state index contributed by atoms with van der Waals surface area (Å²) in [5.74, 6) is 1.37. The van der Waals surface area contributed by atoms with Gasteiger partial charge >= 0.3 is 0 Å². The summed E-state index contributed by atoms with van der Waals surface area (Å²) in [4.78, 5) is 11.1. The van der Waals surface area contributed by atoms with Crippen molar-refractivity contribution in [2.24, 2.45) is 0 Å². The van der Waals surface area contributed by atoms with Crippen molar-refractivity contribution in [2.75, 3.05) is 17.7 Å². The Labute approximate surface area is 139 Å². The Bertz CT molecular complexity index is 818. The first-order chi connectivity index (χ1) is 10.1. The number of nitrogens with one attached hydrogen (secondary N) is 2. The molecule has 2 aromatic heterocycles. The largest absolute Gasteiger partial charge is 0.357 e. The molecule has 0 saturated carbocycles. The molecule has 0 atom stereocenters. The van der Waals surface area contributed by atoms with Gasteiger partial charge in [0.1, 0.15) is 10.6 Å². The van der Waals surface area contributed by atoms with E-state index in [-0.39, 0.29) is 0 Å². The smallest absolute Gasteiger partial charge is 0.225 e. The molecule has 1 aromatic carbocycles. The lowest BCUT2D eigenvalue weighted by molar-refractivity contribution is 1.20. The maximum Gasteiger partial charge on any atom is 0.225 e. The third kappa shape index (κ3) is 2.97. The van der Waals surface area contributed by atoms with E-state index in [4.69, 9.17) is 11.6 Å². The molecule has 0 aliphatic carbocycles. The van der Waals surface area contributed by atoms with Gasteiger partial charge in [-0.15, -0.1) is 11.3 Å². The van der Waals surface area contributed by atoms with Crippen LogP contribution in [0, 0.1) is 6.92 Å². The summed E-state index contributed by atoms with van der Waals surface area (Å²) in [6.45, 7) is 2.06. The second-order valence-electron chi connectivity index (χ2n) is 4.47. The summed E-state index contributed by atoms with van der Waals surface area (Å²) >= 11 is 11.1. The molecule has 2 N–H and O–H groups in total. The van der Waals surface area contributed by atoms with E-state index in [9.17, 15) is 0 Å². The molecule has 0 aliphatic heterocycles. The van der Waals surface area contributed by atoms with Crippen LogP contribution in [0.15, 0.2) is 28.7 Å². The van der Waals surface area contributed by atoms with Crippen LogP contribution < -0.4 is 10.6 Å². The van der Waals surface area contributed by atoms with Gasteiger partial charge in [-0.1, -0.05) is 11.6 Å². The number of aromatic nitrogens is 2. The van der Waals surface area contributed by atoms with Gasteiger partial charge in [0.25, 0.3) is 0 Å². The third-order valence-corrected chi connectivity index (χ3v) is 4.76. The summed E-state index contributed by atoms with van der Waals surface area (Å²) in [5, 5.41) is 8.03. The van der Waals surface area contributed by atoms with Gasteiger partial charge in [-0.3, -0.25) is 0 Å². The van der Waals surface area contributed by atoms with Crippen molar-refractivity contribution in [3.05, 3.63) is 38.6 Å². The van der Waals surface area contributed by atoms with E-state index in [0.29, 0.717) is 11.0 Å². The number of hydrogen-bond acceptors (Lipinski definition) is 5. The Morgan fingerprint density at radius 2 is 2.05 bits per heavy atom. The molecule has 0 unspecified atom stereocenters. The first-order valence-corrected chi connectivity index (χ1v) is 8.23. The first kappa shape index (κ1) is 14.6. The van der Waals surface area contributed by atoms with Crippen LogP contribution in [0.1, 0.15) is 4.88 Å². The predicted molar refractivity (Wildman–Crippen MR) is 94.1 cm³/mol. The molecule has 0 saturated heterocycles. The highest BCUT2D eigenvalue weighted by Gasteiger charge is 2.11. The minimum Gasteiger partial charge on any atom is -0.357 e. The number of aryl methyl sites for hydroxylation is 1. The van der Waals surface area contributed by atoms with E-state index in [1.807, 2.05) is 25.2 Å². The van der Waals surface area contributed by atoms with Crippen molar-refractivity contribution >= 4 is 66.5 Å². The second-order valence-corrected chi connectivity index (χ2v) is 7.00. The number of benzene rings is 1. The van der Waals surface area contributed by atoms with Gasteiger partial charge < -0.3 is 10.6 Å². The lowest BCUT2D eigenvalue weighted by atomic mass is 10.3. The van der Waals surface area contributed by atoms with Crippen molar-refractivity contribution in [3.63, 3.8) is 0 Å². The number of fused-ring (bicyclic) bond motifs is 1. The molecule has 0 radical (unpaired) electrons. The maximum absolute atomic E-state index is 5.97. The van der Waals surface area contributed by atoms with Gasteiger partial charge in [-0.2, -0.15) is 4.98 Å². The quantitative estimate of drug-likeness (QED) is 0.652. The molecule has 0 aliphatic rings. The van der Waals surface area contributed by atoms with Crippen LogP contribution in [0.25, 0.3) is 10.2 Å². The Morgan fingerprint density at radius 3 is 2.76 bits per heavy atom. The first-order valence-electron chi connectivity index (χ1n) is 6.25. The van der Waals surface area contributed by atoms with Crippen molar-refractivity contribution in [2.45, 2.75) is 6.92 Å². The lowest BCUT2D eigenvalue weighted by Gasteiger charge is -2.10. The number of thiophene rings is 1. The van der Waals surface area contributed by atoms with E-state index in [0.717, 1.165) is 26.2 Å². The predicted octanol–water partition coefficient (Wildman–Crippen LogP) is 5.20. The van der Waals surface area contributed by atoms with E-state index >= 15 is 0 Å². The molecule has 2 heterocycles. The minimum atomic E-state index is 0.594. The molecule has 108 valence electrons. The zero-order chi connectivity index (χ0) is 15.0. The number of nitrogens with zero attached hydrogens (tertiary/aromatic N) is 2. The summed E-state index contributed by atoms with van der Waals surface area (Å²) in [7, 11) is 1.81. The average Bonchev–Trinajstić information content (AvgIpc) is 2.82. The molecule has 7 heteroatoms. The highest BCUT2D eigenvalue weighted by molar-refractivity contribution is 9.10. The number of anilines is 3. The molecule has 3 aromatic rings. The molecule has 0 amide bonds. The molecule has 0 fully saturated rings. The van der Waals surface area contributed by atoms with Crippen LogP contribution in [-0.4, -0.2) is 17.0 Å². The fourth-order valence-electron chi connectivity index (χ4n) is 1.97. The minimum absolute atomic E-state index is 0.594. The second kappa shape index (κ2) is 5.79. The molecule has 3 rings (SSSR count). The van der Waals surface area contributed by atoms with Crippen LogP contribution in [0.3, 0.4) is 0 Å². The zero-order valence-corrected chi connectivity index (χ0v) is 14.5. The van der Waals surface area contributed by atoms with Gasteiger partial charge in [-0.05, 0) is 47.1 Å². The molecule has 0 bridgehead atoms. The number of halogens is 2. The van der Waals surface area contributed by atoms with Gasteiger partial charge in [0.05, 0.1) is 11.1 Å². The third-order valence-electron chi connectivity index (χ3n) is 2.92. The van der Waals surface area contributed by atoms with Crippen molar-refractivity contribution < 1.29 is 0 Å². The SMILES string of the molecule is CNc1nc(Nc2ccc(Cl)cc2Br)c2cc(C)sc2n1. The van der Waals surface area contributed by atoms with E-state index < -0.39 is 0 Å². The number of hydrogen-bond donors (Lipinski definition) is 2. The van der Waals surface area contributed by atoms with Crippen molar-refractivity contribution in [1.82, 2.24) is 9.97 Å². The summed E-state index contributed by atoms with van der Waals surface area (Å²) in [6.07, 6.45) is 0. The topological polar surface area (TPSA) is 49.8 Å². The lowest BCUT2D eigenvalue weighted by Crippen LogP contribution is -2.01. The Balaban J connectivity index is 2.10. The monoisotopic (exact) mass is 382 g/mol. The zero-order valence-electron chi connectivity index (χ0n) is 11.4. The van der Waals surface area contributed by atoms with Crippen molar-refractivity contribution in [1.29, 1.82) is 0 Å². The number of rotatable bonds is 3. The molecular formula is C14H12BrClN4S. The van der Waals surface area contributed by atoms with Gasteiger partial charge in [0, 0.05) is 21.4 Å². The fraction of sp³-hybridized carbons (Fsp3) is 0.143. The van der Waals surface area contributed by atoms with Crippen molar-refractivity contribution in [3.8, 4) is 0 Å². The van der Waals surface area contributed by atoms with Crippen LogP contribution in [0.2, 0.25) is 5.02 Å². The Kier molecular flexibility index (Phi) is 4.01. The fourth-order valence-corrected chi connectivity index (χ4v) is 3.63. The van der Waals surface area contributed by atoms with Gasteiger partial charge in [-0.25, -0.2) is 4.98 Å². The van der Waals surface area contributed by atoms with Crippen LogP contribution in [-0.2, 0) is 0 Å². The highest BCUT2D eigenvalue weighted by Crippen LogP contribution is 2.34. The molecular weight excluding hydrogens is 372 g/mol. The van der Waals surface area contributed by atoms with Crippen LogP contribution >= 0.6 is 38.9 Å². The summed E-state index contributed by atoms with van der Waals surface area (Å²) in [5.41, 5.74) is 0.908. The highest BCUT2D eigenvalue weighted by atomic mass is 79.9. The Hall–Kier alpha value is -1.37. The molecule has 0 spiro atoms. The van der Waals surface area contributed by atoms with E-state index in [2.05, 4.69) is 49.5 Å². The maximum atomic E-state index is 5.97. The molecule has 4 nitrogen and oxygen atoms in total. The Morgan fingerprint density at radius 1 is 1.24 bits per heavy atom.